The fourth-order valence-electron chi connectivity index (χ4n) is 6.15. The Kier molecular flexibility index (Phi) is 7.71. The van der Waals surface area contributed by atoms with Crippen LogP contribution in [0.2, 0.25) is 0 Å². The number of amides is 1. The monoisotopic (exact) mass is 495 g/mol. The third-order valence-corrected chi connectivity index (χ3v) is 8.17. The van der Waals surface area contributed by atoms with Crippen molar-refractivity contribution in [3.8, 4) is 5.75 Å². The summed E-state index contributed by atoms with van der Waals surface area (Å²) in [7, 11) is 0. The van der Waals surface area contributed by atoms with Crippen LogP contribution < -0.4 is 5.32 Å². The van der Waals surface area contributed by atoms with Crippen LogP contribution in [0.3, 0.4) is 0 Å². The zero-order valence-electron chi connectivity index (χ0n) is 21.0. The maximum absolute atomic E-state index is 13.8. The van der Waals surface area contributed by atoms with Crippen LogP contribution in [0.15, 0.2) is 60.7 Å². The van der Waals surface area contributed by atoms with E-state index in [0.717, 1.165) is 19.3 Å². The van der Waals surface area contributed by atoms with Crippen molar-refractivity contribution < 1.29 is 29.6 Å². The Balaban J connectivity index is 1.79. The van der Waals surface area contributed by atoms with Crippen molar-refractivity contribution in [3.05, 3.63) is 66.3 Å². The molecule has 2 heterocycles. The van der Waals surface area contributed by atoms with Crippen molar-refractivity contribution in [1.82, 2.24) is 5.32 Å². The summed E-state index contributed by atoms with van der Waals surface area (Å²) in [6.45, 7) is 8.16. The number of nitrogens with one attached hydrogen (secondary N) is 1. The van der Waals surface area contributed by atoms with E-state index in [1.807, 2.05) is 25.1 Å². The van der Waals surface area contributed by atoms with E-state index in [0.29, 0.717) is 29.9 Å². The Labute approximate surface area is 212 Å². The fourth-order valence-corrected chi connectivity index (χ4v) is 6.15. The molecule has 2 fully saturated rings. The molecule has 2 aliphatic heterocycles. The molecular formula is C29H37NO6. The van der Waals surface area contributed by atoms with Gasteiger partial charge in [-0.2, -0.15) is 0 Å². The summed E-state index contributed by atoms with van der Waals surface area (Å²) in [4.78, 5) is 26.8. The fraction of sp³-hybridized carbons (Fsp3) is 0.517. The van der Waals surface area contributed by atoms with E-state index in [1.54, 1.807) is 18.2 Å². The van der Waals surface area contributed by atoms with Gasteiger partial charge in [0.1, 0.15) is 5.75 Å². The minimum absolute atomic E-state index is 0.125. The zero-order chi connectivity index (χ0) is 26.0. The molecule has 4 rings (SSSR count). The topological polar surface area (TPSA) is 116 Å². The molecule has 7 heteroatoms. The maximum atomic E-state index is 13.8. The highest BCUT2D eigenvalue weighted by atomic mass is 16.6. The van der Waals surface area contributed by atoms with Gasteiger partial charge in [0, 0.05) is 18.0 Å². The number of hydrogen-bond acceptors (Lipinski definition) is 6. The van der Waals surface area contributed by atoms with E-state index in [-0.39, 0.29) is 11.7 Å². The van der Waals surface area contributed by atoms with Gasteiger partial charge in [0.05, 0.1) is 18.1 Å². The van der Waals surface area contributed by atoms with Crippen molar-refractivity contribution in [2.45, 2.75) is 69.8 Å². The molecule has 7 nitrogen and oxygen atoms in total. The van der Waals surface area contributed by atoms with Crippen molar-refractivity contribution in [2.75, 3.05) is 0 Å². The number of aliphatic hydroxyl groups is 2. The molecule has 1 amide bonds. The normalized spacial score (nSPS) is 39.2. The lowest BCUT2D eigenvalue weighted by molar-refractivity contribution is -0.182. The number of carbonyl (C=O) groups excluding carboxylic acids is 2. The molecule has 194 valence electrons. The van der Waals surface area contributed by atoms with Gasteiger partial charge in [-0.3, -0.25) is 4.79 Å². The highest BCUT2D eigenvalue weighted by molar-refractivity contribution is 5.94. The molecule has 1 saturated heterocycles. The Morgan fingerprint density at radius 3 is 2.64 bits per heavy atom. The number of carbonyl (C=O) groups is 2. The molecule has 1 aromatic rings. The van der Waals surface area contributed by atoms with E-state index in [9.17, 15) is 24.9 Å². The number of benzene rings is 1. The van der Waals surface area contributed by atoms with Gasteiger partial charge in [0.2, 0.25) is 5.60 Å². The van der Waals surface area contributed by atoms with Crippen LogP contribution in [-0.2, 0) is 20.7 Å². The summed E-state index contributed by atoms with van der Waals surface area (Å²) in [5.74, 6) is -2.43. The summed E-state index contributed by atoms with van der Waals surface area (Å²) < 4.78 is 6.02. The van der Waals surface area contributed by atoms with Crippen LogP contribution >= 0.6 is 0 Å². The van der Waals surface area contributed by atoms with Crippen molar-refractivity contribution >= 4 is 11.9 Å². The van der Waals surface area contributed by atoms with E-state index in [1.165, 1.54) is 12.2 Å². The second kappa shape index (κ2) is 10.6. The Morgan fingerprint density at radius 1 is 1.14 bits per heavy atom. The molecule has 1 aliphatic carbocycles. The van der Waals surface area contributed by atoms with E-state index in [2.05, 4.69) is 18.8 Å². The minimum atomic E-state index is -1.66. The Bertz CT molecular complexity index is 1060. The lowest BCUT2D eigenvalue weighted by atomic mass is 9.59. The summed E-state index contributed by atoms with van der Waals surface area (Å²) in [6.07, 6.45) is 7.81. The number of ether oxygens (including phenoxy) is 1. The zero-order valence-corrected chi connectivity index (χ0v) is 21.0. The maximum Gasteiger partial charge on any atom is 0.331 e. The average molecular weight is 496 g/mol. The number of rotatable bonds is 2. The van der Waals surface area contributed by atoms with Crippen molar-refractivity contribution in [3.63, 3.8) is 0 Å². The lowest BCUT2D eigenvalue weighted by Crippen LogP contribution is -2.61. The first-order chi connectivity index (χ1) is 17.1. The number of allylic oxidation sites excluding steroid dienone is 1. The highest BCUT2D eigenvalue weighted by Crippen LogP contribution is 2.52. The number of phenols is 1. The standard InChI is InChI=1S/C29H37NO6/c1-17-8-6-11-21(31)14-15-25(33)36-29-22(12-7-9-17)27(34)19(3)18(2)26(29)23(30-28(29)35)16-20-10-4-5-13-24(20)32/h4-5,7,10,12-15,17-18,21-23,26-27,31-32,34H,3,6,8-9,11,16H2,1-2H3,(H,30,35)/b12-7+,15-14+/t17-,18?,21-,22?,23+,26?,27-,29-/m1/s1. The molecule has 3 aliphatic rings. The van der Waals surface area contributed by atoms with Gasteiger partial charge in [-0.05, 0) is 54.4 Å². The summed E-state index contributed by atoms with van der Waals surface area (Å²) in [5, 5.41) is 35.0. The molecular weight excluding hydrogens is 458 g/mol. The predicted molar refractivity (Wildman–Crippen MR) is 136 cm³/mol. The van der Waals surface area contributed by atoms with Gasteiger partial charge in [-0.1, -0.05) is 63.6 Å². The third kappa shape index (κ3) is 4.87. The van der Waals surface area contributed by atoms with Crippen LogP contribution in [0.1, 0.15) is 45.1 Å². The van der Waals surface area contributed by atoms with Gasteiger partial charge in [-0.15, -0.1) is 0 Å². The SMILES string of the molecule is C=C1C(C)C2[C@H](Cc3ccccc3O)NC(=O)[C@]23OC(=O)/C=C/[C@H](O)CCC[C@@H](C)C/C=C/C3[C@@H]1O. The first kappa shape index (κ1) is 26.2. The van der Waals surface area contributed by atoms with Crippen LogP contribution in [0.25, 0.3) is 0 Å². The first-order valence-electron chi connectivity index (χ1n) is 12.9. The second-order valence-corrected chi connectivity index (χ2v) is 10.6. The number of phenolic OH excluding ortho intramolecular Hbond substituents is 1. The van der Waals surface area contributed by atoms with Gasteiger partial charge < -0.3 is 25.4 Å². The van der Waals surface area contributed by atoms with Crippen molar-refractivity contribution in [2.24, 2.45) is 23.7 Å². The summed E-state index contributed by atoms with van der Waals surface area (Å²) >= 11 is 0. The van der Waals surface area contributed by atoms with Gasteiger partial charge in [0.25, 0.3) is 5.91 Å². The molecule has 1 saturated carbocycles. The average Bonchev–Trinajstić information content (AvgIpc) is 3.10. The molecule has 1 aromatic carbocycles. The van der Waals surface area contributed by atoms with Crippen LogP contribution in [0, 0.1) is 23.7 Å². The van der Waals surface area contributed by atoms with E-state index < -0.39 is 47.6 Å². The third-order valence-electron chi connectivity index (χ3n) is 8.17. The van der Waals surface area contributed by atoms with Gasteiger partial charge >= 0.3 is 5.97 Å². The number of hydrogen-bond donors (Lipinski definition) is 4. The molecule has 8 atom stereocenters. The predicted octanol–water partition coefficient (Wildman–Crippen LogP) is 3.20. The largest absolute Gasteiger partial charge is 0.508 e. The Morgan fingerprint density at radius 2 is 1.89 bits per heavy atom. The quantitative estimate of drug-likeness (QED) is 0.370. The van der Waals surface area contributed by atoms with Crippen LogP contribution in [0.4, 0.5) is 0 Å². The van der Waals surface area contributed by atoms with Gasteiger partial charge in [-0.25, -0.2) is 4.79 Å². The van der Waals surface area contributed by atoms with E-state index in [4.69, 9.17) is 4.74 Å². The molecule has 0 bridgehead atoms. The van der Waals surface area contributed by atoms with Crippen LogP contribution in [-0.4, -0.2) is 51.0 Å². The second-order valence-electron chi connectivity index (χ2n) is 10.6. The molecule has 1 spiro atoms. The highest BCUT2D eigenvalue weighted by Gasteiger charge is 2.67. The summed E-state index contributed by atoms with van der Waals surface area (Å²) in [5.41, 5.74) is -0.411. The minimum Gasteiger partial charge on any atom is -0.508 e. The number of para-hydroxylation sites is 1. The van der Waals surface area contributed by atoms with Crippen molar-refractivity contribution in [1.29, 1.82) is 0 Å². The first-order valence-corrected chi connectivity index (χ1v) is 12.9. The number of esters is 1. The molecule has 4 N–H and O–H groups in total. The summed E-state index contributed by atoms with van der Waals surface area (Å²) in [6, 6.07) is 6.49. The van der Waals surface area contributed by atoms with Gasteiger partial charge in [0.15, 0.2) is 0 Å². The number of aromatic hydroxyl groups is 1. The Hall–Kier alpha value is -2.90. The van der Waals surface area contributed by atoms with Crippen LogP contribution in [0.5, 0.6) is 5.75 Å². The smallest absolute Gasteiger partial charge is 0.331 e. The van der Waals surface area contributed by atoms with E-state index >= 15 is 0 Å². The molecule has 36 heavy (non-hydrogen) atoms. The molecule has 0 radical (unpaired) electrons. The molecule has 3 unspecified atom stereocenters. The number of aliphatic hydroxyl groups excluding tert-OH is 2. The lowest BCUT2D eigenvalue weighted by Gasteiger charge is -2.49. The molecule has 0 aromatic heterocycles.